The van der Waals surface area contributed by atoms with Crippen molar-refractivity contribution >= 4 is 29.9 Å². The lowest BCUT2D eigenvalue weighted by atomic mass is 10.1. The van der Waals surface area contributed by atoms with Crippen molar-refractivity contribution < 1.29 is 4.39 Å². The quantitative estimate of drug-likeness (QED) is 0.330. The smallest absolute Gasteiger partial charge is 0.191 e. The monoisotopic (exact) mass is 525 g/mol. The van der Waals surface area contributed by atoms with E-state index in [9.17, 15) is 4.39 Å². The summed E-state index contributed by atoms with van der Waals surface area (Å²) in [7, 11) is 2.18. The molecule has 0 spiro atoms. The summed E-state index contributed by atoms with van der Waals surface area (Å²) < 4.78 is 13.0. The molecule has 1 heterocycles. The van der Waals surface area contributed by atoms with Gasteiger partial charge in [0.05, 0.1) is 6.54 Å². The summed E-state index contributed by atoms with van der Waals surface area (Å²) in [5, 5.41) is 6.63. The Morgan fingerprint density at radius 1 is 0.900 bits per heavy atom. The zero-order valence-electron chi connectivity index (χ0n) is 17.9. The van der Waals surface area contributed by atoms with Gasteiger partial charge in [-0.15, -0.1) is 24.0 Å². The highest BCUT2D eigenvalue weighted by atomic mass is 127. The molecule has 5 nitrogen and oxygen atoms in total. The lowest BCUT2D eigenvalue weighted by Gasteiger charge is -2.32. The number of hydrogen-bond donors (Lipinski definition) is 2. The van der Waals surface area contributed by atoms with Gasteiger partial charge < -0.3 is 15.5 Å². The van der Waals surface area contributed by atoms with Crippen LogP contribution in [0.1, 0.15) is 23.6 Å². The van der Waals surface area contributed by atoms with Crippen LogP contribution in [0, 0.1) is 5.82 Å². The molecule has 1 saturated heterocycles. The molecule has 1 aliphatic rings. The van der Waals surface area contributed by atoms with E-state index >= 15 is 0 Å². The van der Waals surface area contributed by atoms with Crippen LogP contribution >= 0.6 is 24.0 Å². The van der Waals surface area contributed by atoms with E-state index in [0.717, 1.165) is 50.8 Å². The Bertz CT molecular complexity index is 771. The van der Waals surface area contributed by atoms with E-state index in [0.29, 0.717) is 13.1 Å². The molecule has 0 atom stereocenters. The minimum absolute atomic E-state index is 0. The Morgan fingerprint density at radius 3 is 2.13 bits per heavy atom. The zero-order valence-corrected chi connectivity index (χ0v) is 20.2. The first-order chi connectivity index (χ1) is 14.1. The summed E-state index contributed by atoms with van der Waals surface area (Å²) in [5.74, 6) is 0.539. The number of aliphatic imine (C=N–C) groups is 1. The molecule has 0 aliphatic carbocycles. The lowest BCUT2D eigenvalue weighted by molar-refractivity contribution is 0.148. The number of likely N-dealkylation sites (N-methyl/N-ethyl adjacent to an activating group) is 1. The summed E-state index contributed by atoms with van der Waals surface area (Å²) in [4.78, 5) is 9.48. The van der Waals surface area contributed by atoms with Crippen LogP contribution < -0.4 is 10.6 Å². The second-order valence-electron chi connectivity index (χ2n) is 7.57. The first-order valence-corrected chi connectivity index (χ1v) is 10.4. The first-order valence-electron chi connectivity index (χ1n) is 10.4. The van der Waals surface area contributed by atoms with Gasteiger partial charge in [0.2, 0.25) is 0 Å². The van der Waals surface area contributed by atoms with Gasteiger partial charge in [0, 0.05) is 45.8 Å². The van der Waals surface area contributed by atoms with Crippen LogP contribution in [0.3, 0.4) is 0 Å². The number of nitrogens with one attached hydrogen (secondary N) is 2. The maximum Gasteiger partial charge on any atom is 0.191 e. The molecule has 2 aromatic carbocycles. The van der Waals surface area contributed by atoms with E-state index in [4.69, 9.17) is 0 Å². The van der Waals surface area contributed by atoms with Gasteiger partial charge in [-0.1, -0.05) is 36.4 Å². The van der Waals surface area contributed by atoms with E-state index in [-0.39, 0.29) is 29.8 Å². The highest BCUT2D eigenvalue weighted by Gasteiger charge is 2.13. The number of nitrogens with zero attached hydrogens (tertiary/aromatic N) is 3. The molecule has 2 aromatic rings. The normalized spacial score (nSPS) is 15.5. The minimum Gasteiger partial charge on any atom is -0.357 e. The zero-order chi connectivity index (χ0) is 20.5. The minimum atomic E-state index is -0.223. The van der Waals surface area contributed by atoms with Crippen LogP contribution in [-0.2, 0) is 19.6 Å². The highest BCUT2D eigenvalue weighted by molar-refractivity contribution is 14.0. The SMILES string of the molecule is CCNC(=NCc1ccc(F)cc1)NCc1ccc(CN2CCN(C)CC2)cc1.I. The maximum absolute atomic E-state index is 13.0. The van der Waals surface area contributed by atoms with Gasteiger partial charge in [-0.05, 0) is 42.8 Å². The van der Waals surface area contributed by atoms with Gasteiger partial charge in [0.15, 0.2) is 5.96 Å². The van der Waals surface area contributed by atoms with Crippen LogP contribution in [-0.4, -0.2) is 55.5 Å². The highest BCUT2D eigenvalue weighted by Crippen LogP contribution is 2.10. The Kier molecular flexibility index (Phi) is 10.5. The van der Waals surface area contributed by atoms with Gasteiger partial charge in [0.1, 0.15) is 5.82 Å². The third-order valence-corrected chi connectivity index (χ3v) is 5.16. The topological polar surface area (TPSA) is 42.9 Å². The van der Waals surface area contributed by atoms with Crippen LogP contribution in [0.4, 0.5) is 4.39 Å². The predicted molar refractivity (Wildman–Crippen MR) is 133 cm³/mol. The second-order valence-corrected chi connectivity index (χ2v) is 7.57. The van der Waals surface area contributed by atoms with Crippen LogP contribution in [0.5, 0.6) is 0 Å². The third kappa shape index (κ3) is 8.20. The fourth-order valence-electron chi connectivity index (χ4n) is 3.31. The van der Waals surface area contributed by atoms with Crippen molar-refractivity contribution in [3.63, 3.8) is 0 Å². The Balaban J connectivity index is 0.00000320. The molecule has 30 heavy (non-hydrogen) atoms. The van der Waals surface area contributed by atoms with E-state index in [2.05, 4.69) is 56.7 Å². The molecule has 0 amide bonds. The summed E-state index contributed by atoms with van der Waals surface area (Å²) in [6, 6.07) is 15.3. The maximum atomic E-state index is 13.0. The van der Waals surface area contributed by atoms with Crippen LogP contribution in [0.2, 0.25) is 0 Å². The molecule has 1 fully saturated rings. The summed E-state index contributed by atoms with van der Waals surface area (Å²) in [6.07, 6.45) is 0. The predicted octanol–water partition coefficient (Wildman–Crippen LogP) is 3.45. The average Bonchev–Trinajstić information content (AvgIpc) is 2.74. The number of halogens is 2. The van der Waals surface area contributed by atoms with Crippen molar-refractivity contribution in [2.24, 2.45) is 4.99 Å². The molecule has 3 rings (SSSR count). The number of rotatable bonds is 7. The van der Waals surface area contributed by atoms with Crippen molar-refractivity contribution in [2.45, 2.75) is 26.6 Å². The molecule has 0 bridgehead atoms. The van der Waals surface area contributed by atoms with Gasteiger partial charge >= 0.3 is 0 Å². The van der Waals surface area contributed by atoms with Crippen LogP contribution in [0.25, 0.3) is 0 Å². The Hall–Kier alpha value is -1.71. The van der Waals surface area contributed by atoms with Crippen molar-refractivity contribution in [1.82, 2.24) is 20.4 Å². The Morgan fingerprint density at radius 2 is 1.50 bits per heavy atom. The van der Waals surface area contributed by atoms with Gasteiger partial charge in [-0.25, -0.2) is 9.38 Å². The number of piperazine rings is 1. The molecule has 164 valence electrons. The van der Waals surface area contributed by atoms with Gasteiger partial charge in [-0.3, -0.25) is 4.90 Å². The average molecular weight is 525 g/mol. The summed E-state index contributed by atoms with van der Waals surface area (Å²) >= 11 is 0. The largest absolute Gasteiger partial charge is 0.357 e. The first kappa shape index (κ1) is 24.6. The van der Waals surface area contributed by atoms with Crippen molar-refractivity contribution in [3.8, 4) is 0 Å². The molecule has 2 N–H and O–H groups in total. The van der Waals surface area contributed by atoms with E-state index in [1.807, 2.05) is 6.92 Å². The van der Waals surface area contributed by atoms with E-state index in [1.54, 1.807) is 12.1 Å². The summed E-state index contributed by atoms with van der Waals surface area (Å²) in [5.41, 5.74) is 3.56. The van der Waals surface area contributed by atoms with E-state index in [1.165, 1.54) is 23.3 Å². The van der Waals surface area contributed by atoms with Gasteiger partial charge in [0.25, 0.3) is 0 Å². The summed E-state index contributed by atoms with van der Waals surface area (Å²) in [6.45, 7) is 9.64. The van der Waals surface area contributed by atoms with E-state index < -0.39 is 0 Å². The van der Waals surface area contributed by atoms with Crippen LogP contribution in [0.15, 0.2) is 53.5 Å². The molecular formula is C23H33FIN5. The standard InChI is InChI=1S/C23H32FN5.HI/c1-3-25-23(27-17-20-8-10-22(24)11-9-20)26-16-19-4-6-21(7-5-19)18-29-14-12-28(2)13-15-29;/h4-11H,3,12-18H2,1-2H3,(H2,25,26,27);1H. The molecule has 0 saturated carbocycles. The van der Waals surface area contributed by atoms with Crippen molar-refractivity contribution in [3.05, 3.63) is 71.0 Å². The molecule has 1 aliphatic heterocycles. The van der Waals surface area contributed by atoms with Crippen molar-refractivity contribution in [2.75, 3.05) is 39.8 Å². The molecule has 0 unspecified atom stereocenters. The number of hydrogen-bond acceptors (Lipinski definition) is 3. The lowest BCUT2D eigenvalue weighted by Crippen LogP contribution is -2.43. The second kappa shape index (κ2) is 12.9. The fraction of sp³-hybridized carbons (Fsp3) is 0.435. The Labute approximate surface area is 196 Å². The molecule has 7 heteroatoms. The molecular weight excluding hydrogens is 492 g/mol. The van der Waals surface area contributed by atoms with Gasteiger partial charge in [-0.2, -0.15) is 0 Å². The number of benzene rings is 2. The molecule has 0 radical (unpaired) electrons. The molecule has 0 aromatic heterocycles. The fourth-order valence-corrected chi connectivity index (χ4v) is 3.31. The third-order valence-electron chi connectivity index (χ3n) is 5.16. The number of guanidine groups is 1. The van der Waals surface area contributed by atoms with Crippen molar-refractivity contribution in [1.29, 1.82) is 0 Å².